The summed E-state index contributed by atoms with van der Waals surface area (Å²) in [6.45, 7) is 0. The highest BCUT2D eigenvalue weighted by Crippen LogP contribution is 2.52. The van der Waals surface area contributed by atoms with Gasteiger partial charge >= 0.3 is 6.18 Å². The Morgan fingerprint density at radius 1 is 1.03 bits per heavy atom. The van der Waals surface area contributed by atoms with Gasteiger partial charge in [0, 0.05) is 16.7 Å². The van der Waals surface area contributed by atoms with E-state index in [9.17, 15) is 18.3 Å². The second-order valence-corrected chi connectivity index (χ2v) is 8.78. The third kappa shape index (κ3) is 3.34. The molecule has 160 valence electrons. The molecule has 3 aromatic rings. The maximum atomic E-state index is 14.3. The number of aromatic nitrogens is 1. The topological polar surface area (TPSA) is 48.7 Å². The van der Waals surface area contributed by atoms with Crippen LogP contribution in [0.1, 0.15) is 30.7 Å². The van der Waals surface area contributed by atoms with Gasteiger partial charge in [-0.1, -0.05) is 60.7 Å². The first-order chi connectivity index (χ1) is 14.9. The van der Waals surface area contributed by atoms with Crippen molar-refractivity contribution < 1.29 is 18.3 Å². The third-order valence-corrected chi connectivity index (χ3v) is 6.96. The van der Waals surface area contributed by atoms with Gasteiger partial charge in [0.05, 0.1) is 11.6 Å². The zero-order valence-electron chi connectivity index (χ0n) is 16.5. The fourth-order valence-electron chi connectivity index (χ4n) is 4.54. The Morgan fingerprint density at radius 2 is 1.71 bits per heavy atom. The first kappa shape index (κ1) is 20.2. The molecule has 2 heterocycles. The molecule has 1 N–H and O–H groups in total. The van der Waals surface area contributed by atoms with E-state index in [2.05, 4.69) is 10.1 Å². The van der Waals surface area contributed by atoms with Crippen LogP contribution in [0.2, 0.25) is 0 Å². The van der Waals surface area contributed by atoms with Crippen LogP contribution in [-0.4, -0.2) is 27.7 Å². The van der Waals surface area contributed by atoms with Gasteiger partial charge in [-0.15, -0.1) is 11.3 Å². The molecule has 1 saturated carbocycles. The molecule has 0 radical (unpaired) electrons. The van der Waals surface area contributed by atoms with E-state index in [4.69, 9.17) is 0 Å². The van der Waals surface area contributed by atoms with E-state index in [1.807, 2.05) is 60.7 Å². The number of hydrogen-bond donors (Lipinski definition) is 1. The van der Waals surface area contributed by atoms with Crippen molar-refractivity contribution in [2.24, 2.45) is 11.0 Å². The van der Waals surface area contributed by atoms with E-state index < -0.39 is 17.8 Å². The van der Waals surface area contributed by atoms with Gasteiger partial charge in [0.1, 0.15) is 0 Å². The summed E-state index contributed by atoms with van der Waals surface area (Å²) in [5.74, 6) is -1.19. The van der Waals surface area contributed by atoms with E-state index in [1.165, 1.54) is 0 Å². The van der Waals surface area contributed by atoms with E-state index in [-0.39, 0.29) is 17.5 Å². The van der Waals surface area contributed by atoms with Crippen molar-refractivity contribution in [1.82, 2.24) is 4.98 Å². The number of rotatable bonds is 3. The van der Waals surface area contributed by atoms with Crippen LogP contribution >= 0.6 is 11.3 Å². The molecule has 2 aliphatic rings. The molecule has 3 atom stereocenters. The summed E-state index contributed by atoms with van der Waals surface area (Å²) in [6, 6.07) is 18.7. The predicted octanol–water partition coefficient (Wildman–Crippen LogP) is 5.82. The van der Waals surface area contributed by atoms with Crippen molar-refractivity contribution in [1.29, 1.82) is 0 Å². The molecule has 4 nitrogen and oxygen atoms in total. The summed E-state index contributed by atoms with van der Waals surface area (Å²) >= 11 is 1.05. The molecule has 2 aromatic carbocycles. The van der Waals surface area contributed by atoms with E-state index in [0.717, 1.165) is 22.5 Å². The molecule has 1 fully saturated rings. The molecule has 0 unspecified atom stereocenters. The zero-order valence-corrected chi connectivity index (χ0v) is 17.3. The molecule has 1 aromatic heterocycles. The standard InChI is InChI=1S/C23H20F3N3OS/c24-23(25,26)22(30)18-13-17(15-7-3-1-4-8-15)11-12-19(18)28-29(22)21-27-20(14-31-21)16-9-5-2-6-10-16/h1-10,14,17-18,30H,11-13H2/t17-,18+,22+/m1/s1. The second kappa shape index (κ2) is 7.46. The van der Waals surface area contributed by atoms with Gasteiger partial charge in [-0.3, -0.25) is 0 Å². The maximum absolute atomic E-state index is 14.3. The highest BCUT2D eigenvalue weighted by atomic mass is 32.1. The Kier molecular flexibility index (Phi) is 4.86. The van der Waals surface area contributed by atoms with Crippen molar-refractivity contribution in [3.63, 3.8) is 0 Å². The lowest BCUT2D eigenvalue weighted by Gasteiger charge is -2.39. The third-order valence-electron chi connectivity index (χ3n) is 6.14. The first-order valence-corrected chi connectivity index (χ1v) is 11.0. The number of anilines is 1. The summed E-state index contributed by atoms with van der Waals surface area (Å²) in [7, 11) is 0. The number of nitrogens with zero attached hydrogens (tertiary/aromatic N) is 3. The van der Waals surface area contributed by atoms with Gasteiger partial charge < -0.3 is 5.11 Å². The minimum atomic E-state index is -4.89. The van der Waals surface area contributed by atoms with E-state index in [0.29, 0.717) is 29.3 Å². The van der Waals surface area contributed by atoms with E-state index in [1.54, 1.807) is 5.38 Å². The van der Waals surface area contributed by atoms with Crippen molar-refractivity contribution in [3.05, 3.63) is 71.6 Å². The number of hydrogen-bond acceptors (Lipinski definition) is 5. The van der Waals surface area contributed by atoms with Gasteiger partial charge in [0.15, 0.2) is 0 Å². The largest absolute Gasteiger partial charge is 0.439 e. The fourth-order valence-corrected chi connectivity index (χ4v) is 5.38. The number of benzene rings is 2. The summed E-state index contributed by atoms with van der Waals surface area (Å²) in [5.41, 5.74) is -0.369. The van der Waals surface area contributed by atoms with Crippen molar-refractivity contribution in [2.75, 3.05) is 5.01 Å². The lowest BCUT2D eigenvalue weighted by atomic mass is 9.73. The lowest BCUT2D eigenvalue weighted by molar-refractivity contribution is -0.269. The van der Waals surface area contributed by atoms with Gasteiger partial charge in [0.25, 0.3) is 5.72 Å². The van der Waals surface area contributed by atoms with Crippen LogP contribution in [0, 0.1) is 5.92 Å². The molecular formula is C23H20F3N3OS. The number of alkyl halides is 3. The Hall–Kier alpha value is -2.71. The predicted molar refractivity (Wildman–Crippen MR) is 115 cm³/mol. The molecule has 31 heavy (non-hydrogen) atoms. The molecule has 0 bridgehead atoms. The van der Waals surface area contributed by atoms with E-state index >= 15 is 0 Å². The van der Waals surface area contributed by atoms with Crippen molar-refractivity contribution in [2.45, 2.75) is 37.1 Å². The average Bonchev–Trinajstić information content (AvgIpc) is 3.38. The van der Waals surface area contributed by atoms with Crippen LogP contribution in [0.25, 0.3) is 11.3 Å². The zero-order chi connectivity index (χ0) is 21.6. The molecule has 0 saturated heterocycles. The molecule has 8 heteroatoms. The van der Waals surface area contributed by atoms with Gasteiger partial charge in [-0.25, -0.2) is 4.98 Å². The SMILES string of the molecule is O[C@]1(C(F)(F)F)[C@H]2C[C@H](c3ccccc3)CCC2=NN1c1nc(-c2ccccc2)cs1. The minimum absolute atomic E-state index is 0.0387. The van der Waals surface area contributed by atoms with Crippen LogP contribution in [0.3, 0.4) is 0 Å². The van der Waals surface area contributed by atoms with Crippen LogP contribution in [0.15, 0.2) is 71.1 Å². The summed E-state index contributed by atoms with van der Waals surface area (Å²) in [4.78, 5) is 4.38. The molecule has 5 rings (SSSR count). The highest BCUT2D eigenvalue weighted by molar-refractivity contribution is 7.14. The molecule has 0 amide bonds. The number of halogens is 3. The van der Waals surface area contributed by atoms with Gasteiger partial charge in [-0.2, -0.15) is 23.3 Å². The average molecular weight is 443 g/mol. The summed E-state index contributed by atoms with van der Waals surface area (Å²) < 4.78 is 43.0. The fraction of sp³-hybridized carbons (Fsp3) is 0.304. The number of fused-ring (bicyclic) bond motifs is 1. The Balaban J connectivity index is 1.51. The van der Waals surface area contributed by atoms with Crippen LogP contribution < -0.4 is 5.01 Å². The molecule has 1 aliphatic heterocycles. The summed E-state index contributed by atoms with van der Waals surface area (Å²) in [6.07, 6.45) is -3.59. The Bertz CT molecular complexity index is 1100. The van der Waals surface area contributed by atoms with Gasteiger partial charge in [-0.05, 0) is 30.7 Å². The monoisotopic (exact) mass is 443 g/mol. The Labute approximate surface area is 181 Å². The normalized spacial score (nSPS) is 25.9. The molecular weight excluding hydrogens is 423 g/mol. The maximum Gasteiger partial charge on any atom is 0.439 e. The Morgan fingerprint density at radius 3 is 2.39 bits per heavy atom. The second-order valence-electron chi connectivity index (χ2n) is 7.94. The minimum Gasteiger partial charge on any atom is -0.362 e. The smallest absolute Gasteiger partial charge is 0.362 e. The highest BCUT2D eigenvalue weighted by Gasteiger charge is 2.68. The summed E-state index contributed by atoms with van der Waals surface area (Å²) in [5, 5.41) is 17.8. The number of aliphatic hydroxyl groups is 1. The van der Waals surface area contributed by atoms with Gasteiger partial charge in [0.2, 0.25) is 5.13 Å². The molecule has 0 spiro atoms. The number of thiazole rings is 1. The number of hydrazone groups is 1. The van der Waals surface area contributed by atoms with Crippen LogP contribution in [-0.2, 0) is 0 Å². The van der Waals surface area contributed by atoms with Crippen molar-refractivity contribution in [3.8, 4) is 11.3 Å². The molecule has 1 aliphatic carbocycles. The van der Waals surface area contributed by atoms with Crippen LogP contribution in [0.4, 0.5) is 18.3 Å². The quantitative estimate of drug-likeness (QED) is 0.555. The first-order valence-electron chi connectivity index (χ1n) is 10.1. The van der Waals surface area contributed by atoms with Crippen molar-refractivity contribution >= 4 is 22.2 Å². The van der Waals surface area contributed by atoms with Crippen LogP contribution in [0.5, 0.6) is 0 Å². The lowest BCUT2D eigenvalue weighted by Crippen LogP contribution is -2.60.